The lowest BCUT2D eigenvalue weighted by Gasteiger charge is -2.05. The van der Waals surface area contributed by atoms with Gasteiger partial charge in [-0.1, -0.05) is 19.9 Å². The lowest BCUT2D eigenvalue weighted by Crippen LogP contribution is -2.31. The number of pyridine rings is 1. The molecule has 0 aliphatic carbocycles. The zero-order chi connectivity index (χ0) is 10.6. The third-order valence-electron chi connectivity index (χ3n) is 2.18. The van der Waals surface area contributed by atoms with Crippen molar-refractivity contribution in [2.75, 3.05) is 0 Å². The Labute approximate surface area is 84.7 Å². The first-order valence-corrected chi connectivity index (χ1v) is 4.78. The van der Waals surface area contributed by atoms with Crippen molar-refractivity contribution in [2.45, 2.75) is 26.7 Å². The molecule has 2 heteroatoms. The van der Waals surface area contributed by atoms with Crippen LogP contribution in [-0.2, 0) is 0 Å². The molecule has 0 amide bonds. The topological polar surface area (TPSA) is 25.2 Å². The van der Waals surface area contributed by atoms with E-state index in [0.717, 1.165) is 10.6 Å². The molecule has 0 atom stereocenters. The summed E-state index contributed by atoms with van der Waals surface area (Å²) in [4.78, 5) is 8.02. The second-order valence-corrected chi connectivity index (χ2v) is 3.45. The van der Waals surface area contributed by atoms with Gasteiger partial charge in [0.05, 0.1) is 11.5 Å². The summed E-state index contributed by atoms with van der Waals surface area (Å²) in [5.41, 5.74) is 1.30. The highest BCUT2D eigenvalue weighted by Crippen LogP contribution is 2.06. The number of nitrogens with zero attached hydrogens (tertiary/aromatic N) is 2. The van der Waals surface area contributed by atoms with Gasteiger partial charge >= 0.3 is 0 Å². The van der Waals surface area contributed by atoms with Crippen LogP contribution in [0.15, 0.2) is 17.3 Å². The predicted molar refractivity (Wildman–Crippen MR) is 61.7 cm³/mol. The van der Waals surface area contributed by atoms with E-state index in [1.807, 2.05) is 13.1 Å². The van der Waals surface area contributed by atoms with Crippen LogP contribution in [-0.4, -0.2) is 11.7 Å². The van der Waals surface area contributed by atoms with Gasteiger partial charge in [-0.2, -0.15) is 0 Å². The van der Waals surface area contributed by atoms with Crippen LogP contribution in [0.2, 0.25) is 0 Å². The molecule has 0 N–H and O–H groups in total. The van der Waals surface area contributed by atoms with Crippen LogP contribution < -0.4 is 10.6 Å². The molecule has 0 aromatic carbocycles. The Balaban J connectivity index is 3.58. The minimum atomic E-state index is 0.501. The molecule has 0 radical (unpaired) electrons. The molecule has 1 aromatic rings. The predicted octanol–water partition coefficient (Wildman–Crippen LogP) is 1.44. The van der Waals surface area contributed by atoms with Gasteiger partial charge in [0.25, 0.3) is 0 Å². The monoisotopic (exact) mass is 188 g/mol. The van der Waals surface area contributed by atoms with E-state index >= 15 is 0 Å². The fraction of sp³-hybridized carbons (Fsp3) is 0.333. The van der Waals surface area contributed by atoms with Crippen molar-refractivity contribution in [1.29, 1.82) is 0 Å². The molecule has 74 valence electrons. The van der Waals surface area contributed by atoms with E-state index in [4.69, 9.17) is 0 Å². The zero-order valence-corrected chi connectivity index (χ0v) is 8.99. The van der Waals surface area contributed by atoms with Gasteiger partial charge in [0.1, 0.15) is 0 Å². The summed E-state index contributed by atoms with van der Waals surface area (Å²) in [6.45, 7) is 9.81. The van der Waals surface area contributed by atoms with Crippen LogP contribution in [0.3, 0.4) is 0 Å². The summed E-state index contributed by atoms with van der Waals surface area (Å²) < 4.78 is 0. The van der Waals surface area contributed by atoms with E-state index in [9.17, 15) is 0 Å². The van der Waals surface area contributed by atoms with Crippen molar-refractivity contribution >= 4 is 19.0 Å². The van der Waals surface area contributed by atoms with Crippen molar-refractivity contribution in [3.05, 3.63) is 28.4 Å². The van der Waals surface area contributed by atoms with E-state index in [-0.39, 0.29) is 0 Å². The zero-order valence-electron chi connectivity index (χ0n) is 8.99. The summed E-state index contributed by atoms with van der Waals surface area (Å²) in [6, 6.07) is 2.06. The van der Waals surface area contributed by atoms with Crippen molar-refractivity contribution in [2.24, 2.45) is 4.99 Å². The molecule has 0 saturated carbocycles. The fourth-order valence-electron chi connectivity index (χ4n) is 1.51. The molecule has 0 aliphatic heterocycles. The van der Waals surface area contributed by atoms with Gasteiger partial charge in [-0.15, -0.1) is 0 Å². The Morgan fingerprint density at radius 2 is 2.21 bits per heavy atom. The van der Waals surface area contributed by atoms with Crippen LogP contribution in [0.5, 0.6) is 0 Å². The normalized spacial score (nSPS) is 13.7. The molecule has 2 nitrogen and oxygen atoms in total. The van der Waals surface area contributed by atoms with E-state index in [1.54, 1.807) is 6.20 Å². The number of hydrogen-bond acceptors (Lipinski definition) is 2. The Morgan fingerprint density at radius 1 is 1.50 bits per heavy atom. The number of aliphatic imine (C=N–C) groups is 1. The van der Waals surface area contributed by atoms with Gasteiger partial charge in [-0.3, -0.25) is 9.98 Å². The van der Waals surface area contributed by atoms with Crippen molar-refractivity contribution < 1.29 is 0 Å². The number of rotatable bonds is 2. The smallest absolute Gasteiger partial charge is 0.0883 e. The fourth-order valence-corrected chi connectivity index (χ4v) is 1.51. The van der Waals surface area contributed by atoms with Crippen LogP contribution >= 0.6 is 0 Å². The Hall–Kier alpha value is -1.44. The van der Waals surface area contributed by atoms with Gasteiger partial charge in [-0.25, -0.2) is 0 Å². The van der Waals surface area contributed by atoms with Gasteiger partial charge < -0.3 is 0 Å². The van der Waals surface area contributed by atoms with Crippen molar-refractivity contribution in [3.8, 4) is 0 Å². The average molecular weight is 188 g/mol. The molecule has 1 aromatic heterocycles. The first kappa shape index (κ1) is 10.6. The summed E-state index contributed by atoms with van der Waals surface area (Å²) in [5, 5.41) is 2.06. The summed E-state index contributed by atoms with van der Waals surface area (Å²) in [7, 11) is 0. The third-order valence-corrected chi connectivity index (χ3v) is 2.18. The van der Waals surface area contributed by atoms with Crippen LogP contribution in [0.4, 0.5) is 0 Å². The van der Waals surface area contributed by atoms with E-state index in [1.165, 1.54) is 5.56 Å². The third kappa shape index (κ3) is 2.08. The molecule has 0 bridgehead atoms. The SMILES string of the molecule is C=N/C=c1/nccc(C(C)C)/c1=C/C. The van der Waals surface area contributed by atoms with Gasteiger partial charge in [-0.05, 0) is 31.2 Å². The summed E-state index contributed by atoms with van der Waals surface area (Å²) >= 11 is 0. The number of aromatic nitrogens is 1. The highest BCUT2D eigenvalue weighted by Gasteiger charge is 2.00. The quantitative estimate of drug-likeness (QED) is 0.645. The van der Waals surface area contributed by atoms with E-state index in [0.29, 0.717) is 5.92 Å². The van der Waals surface area contributed by atoms with E-state index in [2.05, 4.69) is 42.7 Å². The van der Waals surface area contributed by atoms with Gasteiger partial charge in [0.2, 0.25) is 0 Å². The van der Waals surface area contributed by atoms with Crippen molar-refractivity contribution in [1.82, 2.24) is 4.98 Å². The second kappa shape index (κ2) is 4.70. The summed E-state index contributed by atoms with van der Waals surface area (Å²) in [6.07, 6.45) is 5.58. The molecule has 0 spiro atoms. The largest absolute Gasteiger partial charge is 0.270 e. The lowest BCUT2D eigenvalue weighted by atomic mass is 10.0. The Kier molecular flexibility index (Phi) is 3.57. The molecular weight excluding hydrogens is 172 g/mol. The van der Waals surface area contributed by atoms with E-state index < -0.39 is 0 Å². The molecule has 0 unspecified atom stereocenters. The molecule has 0 fully saturated rings. The van der Waals surface area contributed by atoms with Crippen molar-refractivity contribution in [3.63, 3.8) is 0 Å². The maximum absolute atomic E-state index is 4.26. The summed E-state index contributed by atoms with van der Waals surface area (Å²) in [5.74, 6) is 0.501. The lowest BCUT2D eigenvalue weighted by molar-refractivity contribution is 0.849. The maximum atomic E-state index is 4.26. The minimum Gasteiger partial charge on any atom is -0.270 e. The molecule has 14 heavy (non-hydrogen) atoms. The average Bonchev–Trinajstić information content (AvgIpc) is 2.18. The van der Waals surface area contributed by atoms with Crippen LogP contribution in [0.25, 0.3) is 12.3 Å². The first-order chi connectivity index (χ1) is 6.70. The molecule has 0 saturated heterocycles. The minimum absolute atomic E-state index is 0.501. The van der Waals surface area contributed by atoms with Gasteiger partial charge in [0, 0.05) is 11.4 Å². The Bertz CT molecular complexity index is 430. The van der Waals surface area contributed by atoms with Gasteiger partial charge in [0.15, 0.2) is 0 Å². The molecular formula is C12H16N2. The molecule has 0 aliphatic rings. The second-order valence-electron chi connectivity index (χ2n) is 3.45. The highest BCUT2D eigenvalue weighted by molar-refractivity contribution is 5.38. The number of hydrogen-bond donors (Lipinski definition) is 0. The molecule has 1 heterocycles. The highest BCUT2D eigenvalue weighted by atomic mass is 14.7. The Morgan fingerprint density at radius 3 is 2.71 bits per heavy atom. The van der Waals surface area contributed by atoms with Crippen LogP contribution in [0, 0.1) is 0 Å². The standard InChI is InChI=1S/C12H16N2/c1-5-10-11(9(2)3)6-7-14-12(10)8-13-4/h5-9H,4H2,1-3H3/b10-5-,12-8+. The van der Waals surface area contributed by atoms with Crippen LogP contribution in [0.1, 0.15) is 32.3 Å². The maximum Gasteiger partial charge on any atom is 0.0883 e. The molecule has 1 rings (SSSR count). The first-order valence-electron chi connectivity index (χ1n) is 4.78.